The third-order valence-corrected chi connectivity index (χ3v) is 15.1. The SMILES string of the molecule is CCC(=O)OC.COC(C)=O.COc1ccc(F)c(-c2ccc(COc3ccc4c(c3)CCC4)cc2C2=CCCC2(C)C)c1.COc1ccc(F)c(-c2ccc(COc3ccc4c(c3)CCC4)cc2C2=CCCC2(C)C)c1. The monoisotopic (exact) mass is 1050 g/mol. The van der Waals surface area contributed by atoms with E-state index in [4.69, 9.17) is 18.9 Å². The molecule has 6 aromatic rings. The van der Waals surface area contributed by atoms with Crippen LogP contribution in [-0.4, -0.2) is 40.4 Å². The summed E-state index contributed by atoms with van der Waals surface area (Å²) in [5.41, 5.74) is 15.6. The Kier molecular flexibility index (Phi) is 19.6. The van der Waals surface area contributed by atoms with Gasteiger partial charge in [-0.1, -0.05) is 83.2 Å². The van der Waals surface area contributed by atoms with Crippen LogP contribution in [-0.2, 0) is 58.0 Å². The lowest BCUT2D eigenvalue weighted by Gasteiger charge is -2.25. The van der Waals surface area contributed by atoms with Gasteiger partial charge in [0.05, 0.1) is 28.4 Å². The molecule has 0 saturated heterocycles. The summed E-state index contributed by atoms with van der Waals surface area (Å²) in [6.07, 6.45) is 16.4. The van der Waals surface area contributed by atoms with Crippen LogP contribution in [0.2, 0.25) is 0 Å². The highest BCUT2D eigenvalue weighted by molar-refractivity contribution is 5.86. The maximum atomic E-state index is 14.9. The molecule has 0 amide bonds. The number of carbonyl (C=O) groups is 2. The Hall–Kier alpha value is -7.20. The normalized spacial score (nSPS) is 15.1. The van der Waals surface area contributed by atoms with Gasteiger partial charge >= 0.3 is 11.9 Å². The summed E-state index contributed by atoms with van der Waals surface area (Å²) in [5.74, 6) is 2.26. The van der Waals surface area contributed by atoms with E-state index < -0.39 is 0 Å². The number of benzene rings is 6. The van der Waals surface area contributed by atoms with Crippen LogP contribution in [0.4, 0.5) is 8.78 Å². The van der Waals surface area contributed by atoms with E-state index in [2.05, 4.69) is 97.9 Å². The van der Waals surface area contributed by atoms with E-state index in [1.165, 1.54) is 92.4 Å². The van der Waals surface area contributed by atoms with Crippen molar-refractivity contribution in [1.82, 2.24) is 0 Å². The maximum Gasteiger partial charge on any atom is 0.305 e. The number of carbonyl (C=O) groups excluding carboxylic acids is 2. The average Bonchev–Trinajstić information content (AvgIpc) is 4.27. The molecule has 0 N–H and O–H groups in total. The van der Waals surface area contributed by atoms with Crippen molar-refractivity contribution in [3.05, 3.63) is 177 Å². The molecule has 10 heteroatoms. The highest BCUT2D eigenvalue weighted by atomic mass is 19.1. The van der Waals surface area contributed by atoms with Crippen LogP contribution in [0.15, 0.2) is 121 Å². The second-order valence-electron chi connectivity index (χ2n) is 21.3. The van der Waals surface area contributed by atoms with Gasteiger partial charge < -0.3 is 28.4 Å². The van der Waals surface area contributed by atoms with Gasteiger partial charge in [-0.15, -0.1) is 0 Å². The first-order chi connectivity index (χ1) is 37.0. The Balaban J connectivity index is 0.000000188. The summed E-state index contributed by atoms with van der Waals surface area (Å²) in [7, 11) is 5.95. The molecule has 0 saturated carbocycles. The lowest BCUT2D eigenvalue weighted by atomic mass is 9.79. The minimum Gasteiger partial charge on any atom is -0.497 e. The molecule has 0 radical (unpaired) electrons. The molecule has 0 atom stereocenters. The molecule has 0 fully saturated rings. The van der Waals surface area contributed by atoms with Crippen LogP contribution in [0, 0.1) is 22.5 Å². The zero-order chi connectivity index (χ0) is 55.3. The average molecular weight is 1050 g/mol. The summed E-state index contributed by atoms with van der Waals surface area (Å²) in [5, 5.41) is 0. The van der Waals surface area contributed by atoms with Crippen molar-refractivity contribution in [1.29, 1.82) is 0 Å². The number of fused-ring (bicyclic) bond motifs is 2. The zero-order valence-electron chi connectivity index (χ0n) is 46.8. The van der Waals surface area contributed by atoms with Crippen molar-refractivity contribution in [2.24, 2.45) is 10.8 Å². The minimum atomic E-state index is -0.245. The number of hydrogen-bond donors (Lipinski definition) is 0. The number of methoxy groups -OCH3 is 4. The van der Waals surface area contributed by atoms with Gasteiger partial charge in [-0.25, -0.2) is 8.78 Å². The molecule has 6 aromatic carbocycles. The third-order valence-electron chi connectivity index (χ3n) is 15.1. The fraction of sp³-hybridized carbons (Fsp3) is 0.373. The molecule has 0 spiro atoms. The van der Waals surface area contributed by atoms with Gasteiger partial charge in [-0.2, -0.15) is 0 Å². The van der Waals surface area contributed by atoms with Gasteiger partial charge in [0.25, 0.3) is 0 Å². The second-order valence-corrected chi connectivity index (χ2v) is 21.3. The summed E-state index contributed by atoms with van der Waals surface area (Å²) in [6, 6.07) is 35.3. The molecule has 0 unspecified atom stereocenters. The number of esters is 2. The van der Waals surface area contributed by atoms with Gasteiger partial charge in [-0.3, -0.25) is 9.59 Å². The summed E-state index contributed by atoms with van der Waals surface area (Å²) in [4.78, 5) is 19.5. The number of ether oxygens (including phenoxy) is 6. The molecule has 406 valence electrons. The Labute approximate surface area is 455 Å². The highest BCUT2D eigenvalue weighted by Gasteiger charge is 2.32. The van der Waals surface area contributed by atoms with Crippen LogP contribution in [0.25, 0.3) is 33.4 Å². The topological polar surface area (TPSA) is 89.5 Å². The van der Waals surface area contributed by atoms with Crippen molar-refractivity contribution in [3.8, 4) is 45.3 Å². The third kappa shape index (κ3) is 14.6. The minimum absolute atomic E-state index is 0.0452. The van der Waals surface area contributed by atoms with Crippen molar-refractivity contribution >= 4 is 23.1 Å². The van der Waals surface area contributed by atoms with Crippen LogP contribution in [0.5, 0.6) is 23.0 Å². The van der Waals surface area contributed by atoms with Crippen molar-refractivity contribution in [2.75, 3.05) is 28.4 Å². The molecule has 10 rings (SSSR count). The fourth-order valence-electron chi connectivity index (χ4n) is 10.6. The number of rotatable bonds is 13. The van der Waals surface area contributed by atoms with Crippen LogP contribution >= 0.6 is 0 Å². The van der Waals surface area contributed by atoms with Crippen molar-refractivity contribution < 1.29 is 46.8 Å². The molecule has 4 aliphatic rings. The predicted octanol–water partition coefficient (Wildman–Crippen LogP) is 16.3. The first-order valence-electron chi connectivity index (χ1n) is 26.9. The van der Waals surface area contributed by atoms with E-state index in [1.54, 1.807) is 45.4 Å². The van der Waals surface area contributed by atoms with Crippen molar-refractivity contribution in [3.63, 3.8) is 0 Å². The lowest BCUT2D eigenvalue weighted by molar-refractivity contribution is -0.140. The molecule has 0 aliphatic heterocycles. The largest absolute Gasteiger partial charge is 0.497 e. The Morgan fingerprint density at radius 1 is 0.481 bits per heavy atom. The van der Waals surface area contributed by atoms with Crippen LogP contribution in [0.1, 0.15) is 131 Å². The van der Waals surface area contributed by atoms with Crippen LogP contribution < -0.4 is 18.9 Å². The summed E-state index contributed by atoms with van der Waals surface area (Å²) >= 11 is 0. The fourth-order valence-corrected chi connectivity index (χ4v) is 10.6. The predicted molar refractivity (Wildman–Crippen MR) is 304 cm³/mol. The van der Waals surface area contributed by atoms with Crippen molar-refractivity contribution in [2.45, 2.75) is 125 Å². The Morgan fingerprint density at radius 2 is 0.883 bits per heavy atom. The van der Waals surface area contributed by atoms with E-state index in [9.17, 15) is 18.4 Å². The molecule has 0 aromatic heterocycles. The van der Waals surface area contributed by atoms with Gasteiger partial charge in [0.15, 0.2) is 0 Å². The summed E-state index contributed by atoms with van der Waals surface area (Å²) in [6.45, 7) is 13.2. The quantitative estimate of drug-likeness (QED) is 0.106. The number of hydrogen-bond acceptors (Lipinski definition) is 8. The molecule has 0 bridgehead atoms. The molecular weight excluding hydrogens is 971 g/mol. The first-order valence-corrected chi connectivity index (χ1v) is 26.9. The highest BCUT2D eigenvalue weighted by Crippen LogP contribution is 2.49. The van der Waals surface area contributed by atoms with Gasteiger partial charge in [-0.05, 0) is 215 Å². The Bertz CT molecular complexity index is 2910. The van der Waals surface area contributed by atoms with E-state index in [0.717, 1.165) is 83.4 Å². The van der Waals surface area contributed by atoms with Crippen LogP contribution in [0.3, 0.4) is 0 Å². The molecular formula is C67H76F2O8. The smallest absolute Gasteiger partial charge is 0.305 e. The van der Waals surface area contributed by atoms with E-state index in [1.807, 2.05) is 24.3 Å². The standard InChI is InChI=1S/2C30H31FO2.C4H8O2.C3H6O2/c2*1-30(2)15-5-8-28(30)26-16-20(19-33-24-11-10-21-6-4-7-22(21)17-24)9-13-25(26)27-18-23(32-3)12-14-29(27)31;1-3-4(5)6-2;1-3(4)5-2/h2*8-14,16-18H,4-7,15,19H2,1-3H3;3H2,1-2H3;1-2H3. The van der Waals surface area contributed by atoms with E-state index in [-0.39, 0.29) is 34.4 Å². The molecule has 0 heterocycles. The number of allylic oxidation sites excluding steroid dienone is 4. The Morgan fingerprint density at radius 3 is 1.22 bits per heavy atom. The molecule has 8 nitrogen and oxygen atoms in total. The number of aryl methyl sites for hydroxylation is 4. The van der Waals surface area contributed by atoms with E-state index >= 15 is 0 Å². The maximum absolute atomic E-state index is 14.9. The van der Waals surface area contributed by atoms with Gasteiger partial charge in [0.1, 0.15) is 47.8 Å². The van der Waals surface area contributed by atoms with Gasteiger partial charge in [0.2, 0.25) is 0 Å². The van der Waals surface area contributed by atoms with E-state index in [0.29, 0.717) is 42.3 Å². The molecule has 4 aliphatic carbocycles. The lowest BCUT2D eigenvalue weighted by Crippen LogP contribution is -2.10. The zero-order valence-corrected chi connectivity index (χ0v) is 46.8. The first kappa shape index (κ1) is 57.5. The molecule has 77 heavy (non-hydrogen) atoms. The van der Waals surface area contributed by atoms with Gasteiger partial charge in [0, 0.05) is 24.5 Å². The number of halogens is 2. The second kappa shape index (κ2) is 26.2. The summed E-state index contributed by atoms with van der Waals surface area (Å²) < 4.78 is 61.3.